The molecule has 0 atom stereocenters. The number of Topliss-reactive ketones (excluding diaryl/α,β-unsaturated/α-hetero) is 4. The molecule has 0 heterocycles. The van der Waals surface area contributed by atoms with Gasteiger partial charge in [0.15, 0.2) is 23.1 Å². The highest BCUT2D eigenvalue weighted by Gasteiger charge is 2.12. The number of hydrogen-bond donors (Lipinski definition) is 2. The molecular formula is C82H166N2O16. The number of carbonyl (C=O) groups is 7. The van der Waals surface area contributed by atoms with Crippen LogP contribution in [0.2, 0.25) is 0 Å². The summed E-state index contributed by atoms with van der Waals surface area (Å²) in [6, 6.07) is 0. The molecule has 0 aliphatic rings. The van der Waals surface area contributed by atoms with Crippen molar-refractivity contribution in [3.63, 3.8) is 0 Å². The van der Waals surface area contributed by atoms with E-state index in [9.17, 15) is 33.6 Å². The zero-order valence-corrected chi connectivity index (χ0v) is 70.4. The second-order valence-electron chi connectivity index (χ2n) is 31.7. The van der Waals surface area contributed by atoms with Crippen LogP contribution in [0.3, 0.4) is 0 Å². The summed E-state index contributed by atoms with van der Waals surface area (Å²) in [5.41, 5.74) is 0. The van der Waals surface area contributed by atoms with Gasteiger partial charge < -0.3 is 53.3 Å². The number of ketones is 4. The number of ether oxygens (including phenoxy) is 9. The van der Waals surface area contributed by atoms with Crippen LogP contribution in [0.25, 0.3) is 0 Å². The molecule has 18 nitrogen and oxygen atoms in total. The average molecular weight is 1440 g/mol. The number of rotatable bonds is 55. The number of unbranched alkanes of at least 4 members (excludes halogenated alkanes) is 1. The van der Waals surface area contributed by atoms with Gasteiger partial charge in [0.05, 0.1) is 19.3 Å². The first-order valence-electron chi connectivity index (χ1n) is 39.1. The van der Waals surface area contributed by atoms with E-state index in [1.807, 2.05) is 55.4 Å². The largest absolute Gasteiger partial charge is 0.461 e. The summed E-state index contributed by atoms with van der Waals surface area (Å²) in [5, 5.41) is 5.72. The summed E-state index contributed by atoms with van der Waals surface area (Å²) >= 11 is 0. The number of carbonyl (C=O) groups excluding carboxylic acids is 7. The van der Waals surface area contributed by atoms with Crippen molar-refractivity contribution in [2.75, 3.05) is 119 Å². The van der Waals surface area contributed by atoms with Crippen LogP contribution in [-0.4, -0.2) is 166 Å². The van der Waals surface area contributed by atoms with Crippen LogP contribution < -0.4 is 10.6 Å². The molecule has 18 heteroatoms. The van der Waals surface area contributed by atoms with Crippen molar-refractivity contribution in [2.24, 2.45) is 76.9 Å². The maximum absolute atomic E-state index is 11.4. The predicted molar refractivity (Wildman–Crippen MR) is 416 cm³/mol. The molecule has 0 aromatic heterocycles. The summed E-state index contributed by atoms with van der Waals surface area (Å²) in [7, 11) is 0. The Balaban J connectivity index is -0.000000204. The first-order valence-corrected chi connectivity index (χ1v) is 39.1. The number of esters is 1. The van der Waals surface area contributed by atoms with Crippen molar-refractivity contribution < 1.29 is 76.2 Å². The fraction of sp³-hybridized carbons (Fsp3) is 0.915. The Labute approximate surface area is 617 Å². The van der Waals surface area contributed by atoms with Gasteiger partial charge in [0.2, 0.25) is 11.8 Å². The maximum atomic E-state index is 11.4. The zero-order chi connectivity index (χ0) is 78.2. The summed E-state index contributed by atoms with van der Waals surface area (Å²) in [6.07, 6.45) is 13.7. The Bertz CT molecular complexity index is 1760. The van der Waals surface area contributed by atoms with E-state index in [0.29, 0.717) is 118 Å². The number of amides is 2. The van der Waals surface area contributed by atoms with Crippen molar-refractivity contribution >= 4 is 40.9 Å². The third-order valence-electron chi connectivity index (χ3n) is 13.7. The summed E-state index contributed by atoms with van der Waals surface area (Å²) in [5.74, 6) is 7.39. The Kier molecular flexibility index (Phi) is 88.0. The quantitative estimate of drug-likeness (QED) is 0.0426. The minimum absolute atomic E-state index is 0.0175. The van der Waals surface area contributed by atoms with Gasteiger partial charge in [0.1, 0.15) is 33.0 Å². The molecule has 0 radical (unpaired) electrons. The maximum Gasteiger partial charge on any atom is 0.332 e. The van der Waals surface area contributed by atoms with Crippen molar-refractivity contribution in [1.82, 2.24) is 10.6 Å². The van der Waals surface area contributed by atoms with E-state index in [4.69, 9.17) is 42.6 Å². The Morgan fingerprint density at radius 2 is 0.560 bits per heavy atom. The molecule has 600 valence electrons. The van der Waals surface area contributed by atoms with Crippen molar-refractivity contribution in [3.8, 4) is 0 Å². The lowest BCUT2D eigenvalue weighted by Crippen LogP contribution is -2.27. The molecule has 0 bridgehead atoms. The van der Waals surface area contributed by atoms with Gasteiger partial charge in [-0.3, -0.25) is 28.8 Å². The van der Waals surface area contributed by atoms with E-state index < -0.39 is 0 Å². The van der Waals surface area contributed by atoms with Crippen molar-refractivity contribution in [1.29, 1.82) is 0 Å². The smallest absolute Gasteiger partial charge is 0.332 e. The SMILES string of the molecule is CC(C)CCCCC(=O)COCC(=O)C(C)C.CC(C)CCOCCC(C)C.CC(C)CCOCCCC(=O)COCC(=O)C(C)C.CC(C)CCOCCNC(=O)CCC(C)C.CC(C)CCOCCNC(=O)CCC(C)C.CC(C)COCC(=O)OC(C)C.CC(C)COCC(C)C. The Morgan fingerprint density at radius 1 is 0.260 bits per heavy atom. The van der Waals surface area contributed by atoms with Gasteiger partial charge in [-0.15, -0.1) is 0 Å². The highest BCUT2D eigenvalue weighted by molar-refractivity contribution is 5.83. The lowest BCUT2D eigenvalue weighted by molar-refractivity contribution is -0.153. The van der Waals surface area contributed by atoms with Gasteiger partial charge in [-0.2, -0.15) is 0 Å². The standard InChI is InChI=1S/C15H28O4.C14H26O3.2C13H27NO2.C10H22O.C9H18O3.C8H18O/c1-12(2)7-9-18-8-5-6-14(16)10-19-11-15(17)13(3)4;1-11(2)7-5-6-8-13(15)9-17-10-14(16)12(3)4;2*1-11(2)5-6-13(15)14-8-10-16-9-7-12(3)4;1-9(2)5-7-11-8-6-10(3)4;1-7(2)5-11-6-9(10)12-8(3)4;1-7(2)5-9-6-8(3)4/h12-13H,5-11H2,1-4H3;11-12H,5-10H2,1-4H3;2*11-12H,5-10H2,1-4H3,(H,14,15);9-10H,5-8H2,1-4H3;7-8H,5-6H2,1-4H3;7-8H,5-6H2,1-4H3. The van der Waals surface area contributed by atoms with Crippen LogP contribution in [0.1, 0.15) is 290 Å². The van der Waals surface area contributed by atoms with Gasteiger partial charge in [0, 0.05) is 110 Å². The van der Waals surface area contributed by atoms with Crippen LogP contribution in [0, 0.1) is 76.9 Å². The van der Waals surface area contributed by atoms with Gasteiger partial charge in [0.25, 0.3) is 0 Å². The van der Waals surface area contributed by atoms with Gasteiger partial charge >= 0.3 is 5.97 Å². The van der Waals surface area contributed by atoms with Gasteiger partial charge in [-0.25, -0.2) is 4.79 Å². The van der Waals surface area contributed by atoms with Crippen LogP contribution >= 0.6 is 0 Å². The molecule has 0 saturated carbocycles. The minimum atomic E-state index is -0.286. The fourth-order valence-electron chi connectivity index (χ4n) is 7.01. The highest BCUT2D eigenvalue weighted by atomic mass is 16.6. The molecule has 0 aromatic carbocycles. The Morgan fingerprint density at radius 3 is 0.860 bits per heavy atom. The molecule has 0 fully saturated rings. The van der Waals surface area contributed by atoms with E-state index >= 15 is 0 Å². The molecule has 0 spiro atoms. The average Bonchev–Trinajstić information content (AvgIpc) is 1.74. The molecule has 0 rings (SSSR count). The van der Waals surface area contributed by atoms with E-state index in [-0.39, 0.29) is 91.9 Å². The lowest BCUT2D eigenvalue weighted by Gasteiger charge is -2.09. The normalized spacial score (nSPS) is 11.2. The molecule has 100 heavy (non-hydrogen) atoms. The van der Waals surface area contributed by atoms with E-state index in [0.717, 1.165) is 109 Å². The monoisotopic (exact) mass is 1440 g/mol. The van der Waals surface area contributed by atoms with Crippen molar-refractivity contribution in [3.05, 3.63) is 0 Å². The van der Waals surface area contributed by atoms with E-state index in [1.165, 1.54) is 19.3 Å². The summed E-state index contributed by atoms with van der Waals surface area (Å²) in [6.45, 7) is 68.5. The molecule has 0 aliphatic carbocycles. The highest BCUT2D eigenvalue weighted by Crippen LogP contribution is 2.10. The molecule has 2 N–H and O–H groups in total. The molecule has 0 aromatic rings. The lowest BCUT2D eigenvalue weighted by atomic mass is 10.0. The first-order chi connectivity index (χ1) is 46.7. The molecule has 2 amide bonds. The Hall–Kier alpha value is -3.23. The van der Waals surface area contributed by atoms with Crippen LogP contribution in [0.5, 0.6) is 0 Å². The second kappa shape index (κ2) is 79.9. The first kappa shape index (κ1) is 110. The molecular weight excluding hydrogens is 1270 g/mol. The minimum Gasteiger partial charge on any atom is -0.461 e. The fourth-order valence-corrected chi connectivity index (χ4v) is 7.01. The van der Waals surface area contributed by atoms with E-state index in [1.54, 1.807) is 0 Å². The predicted octanol–water partition coefficient (Wildman–Crippen LogP) is 17.9. The van der Waals surface area contributed by atoms with Crippen LogP contribution in [-0.2, 0) is 76.2 Å². The van der Waals surface area contributed by atoms with Crippen molar-refractivity contribution in [2.45, 2.75) is 296 Å². The topological polar surface area (TPSA) is 227 Å². The number of nitrogens with one attached hydrogen (secondary N) is 2. The van der Waals surface area contributed by atoms with E-state index in [2.05, 4.69) is 149 Å². The second-order valence-corrected chi connectivity index (χ2v) is 31.7. The van der Waals surface area contributed by atoms with Crippen LogP contribution in [0.4, 0.5) is 0 Å². The number of hydrogen-bond acceptors (Lipinski definition) is 16. The third kappa shape index (κ3) is 116. The van der Waals surface area contributed by atoms with Gasteiger partial charge in [-0.05, 0) is 137 Å². The van der Waals surface area contributed by atoms with Gasteiger partial charge in [-0.1, -0.05) is 193 Å². The van der Waals surface area contributed by atoms with Crippen LogP contribution in [0.15, 0.2) is 0 Å². The summed E-state index contributed by atoms with van der Waals surface area (Å²) < 4.78 is 47.2. The molecule has 0 unspecified atom stereocenters. The molecule has 0 aliphatic heterocycles. The molecule has 0 saturated heterocycles. The third-order valence-corrected chi connectivity index (χ3v) is 13.7. The summed E-state index contributed by atoms with van der Waals surface area (Å²) in [4.78, 5) is 78.9. The zero-order valence-electron chi connectivity index (χ0n) is 70.4.